The van der Waals surface area contributed by atoms with E-state index >= 15 is 0 Å². The van der Waals surface area contributed by atoms with Gasteiger partial charge in [-0.3, -0.25) is 4.79 Å². The Bertz CT molecular complexity index is 837. The molecule has 158 valence electrons. The Labute approximate surface area is 186 Å². The molecule has 0 aliphatic heterocycles. The first kappa shape index (κ1) is 23.5. The maximum absolute atomic E-state index is 11.3. The Morgan fingerprint density at radius 1 is 1.10 bits per heavy atom. The molecule has 29 heavy (non-hydrogen) atoms. The quantitative estimate of drug-likeness (QED) is 0.372. The van der Waals surface area contributed by atoms with Crippen molar-refractivity contribution in [2.75, 3.05) is 0 Å². The van der Waals surface area contributed by atoms with Crippen LogP contribution in [0, 0.1) is 3.57 Å². The first-order chi connectivity index (χ1) is 13.7. The van der Waals surface area contributed by atoms with Crippen LogP contribution in [0.3, 0.4) is 0 Å². The highest BCUT2D eigenvalue weighted by Crippen LogP contribution is 2.41. The summed E-state index contributed by atoms with van der Waals surface area (Å²) in [4.78, 5) is 11.3. The van der Waals surface area contributed by atoms with Gasteiger partial charge in [-0.15, -0.1) is 0 Å². The lowest BCUT2D eigenvalue weighted by atomic mass is 9.87. The predicted molar refractivity (Wildman–Crippen MR) is 124 cm³/mol. The summed E-state index contributed by atoms with van der Waals surface area (Å²) in [5.41, 5.74) is 8.83. The van der Waals surface area contributed by atoms with Crippen LogP contribution in [0.4, 0.5) is 0 Å². The fourth-order valence-electron chi connectivity index (χ4n) is 3.16. The summed E-state index contributed by atoms with van der Waals surface area (Å²) in [5, 5.41) is 19.0. The number of aliphatic carboxylic acids is 1. The molecular weight excluding hydrogens is 481 g/mol. The molecule has 0 amide bonds. The van der Waals surface area contributed by atoms with Gasteiger partial charge in [-0.2, -0.15) is 0 Å². The largest absolute Gasteiger partial charge is 0.507 e. The number of carboxylic acid groups (broad SMARTS) is 1. The van der Waals surface area contributed by atoms with Gasteiger partial charge >= 0.3 is 5.97 Å². The second-order valence-electron chi connectivity index (χ2n) is 7.59. The van der Waals surface area contributed by atoms with Gasteiger partial charge in [-0.25, -0.2) is 0 Å². The average molecular weight is 511 g/mol. The Morgan fingerprint density at radius 2 is 1.66 bits per heavy atom. The third-order valence-corrected chi connectivity index (χ3v) is 6.27. The van der Waals surface area contributed by atoms with Gasteiger partial charge in [0.1, 0.15) is 23.3 Å². The molecule has 0 aliphatic carbocycles. The van der Waals surface area contributed by atoms with Crippen LogP contribution in [-0.2, 0) is 11.2 Å². The second kappa shape index (κ2) is 10.3. The van der Waals surface area contributed by atoms with Gasteiger partial charge in [0.2, 0.25) is 0 Å². The lowest BCUT2D eigenvalue weighted by Crippen LogP contribution is -2.32. The van der Waals surface area contributed by atoms with Crippen LogP contribution in [-0.4, -0.2) is 22.2 Å². The number of nitrogens with two attached hydrogens (primary N) is 1. The van der Waals surface area contributed by atoms with E-state index in [-0.39, 0.29) is 24.0 Å². The van der Waals surface area contributed by atoms with E-state index in [2.05, 4.69) is 50.3 Å². The highest BCUT2D eigenvalue weighted by Gasteiger charge is 2.22. The van der Waals surface area contributed by atoms with Crippen molar-refractivity contribution in [3.63, 3.8) is 0 Å². The molecule has 2 unspecified atom stereocenters. The third-order valence-electron chi connectivity index (χ3n) is 5.40. The SMILES string of the molecule is CCC(C)c1cc(C[C@H](N)C(=O)O)cc(C(C)CC)c1Oc1ccc(O)c(I)c1. The highest BCUT2D eigenvalue weighted by molar-refractivity contribution is 14.1. The van der Waals surface area contributed by atoms with Crippen molar-refractivity contribution >= 4 is 28.6 Å². The van der Waals surface area contributed by atoms with Crippen molar-refractivity contribution in [2.45, 2.75) is 64.8 Å². The van der Waals surface area contributed by atoms with Crippen LogP contribution < -0.4 is 10.5 Å². The summed E-state index contributed by atoms with van der Waals surface area (Å²) in [5.74, 6) is 1.19. The van der Waals surface area contributed by atoms with E-state index in [4.69, 9.17) is 10.5 Å². The number of carbonyl (C=O) groups is 1. The van der Waals surface area contributed by atoms with E-state index in [0.717, 1.165) is 38.9 Å². The zero-order valence-electron chi connectivity index (χ0n) is 17.4. The molecule has 0 saturated carbocycles. The van der Waals surface area contributed by atoms with E-state index in [1.54, 1.807) is 12.1 Å². The summed E-state index contributed by atoms with van der Waals surface area (Å²) >= 11 is 2.08. The topological polar surface area (TPSA) is 92.8 Å². The van der Waals surface area contributed by atoms with E-state index in [1.807, 2.05) is 18.2 Å². The van der Waals surface area contributed by atoms with E-state index in [0.29, 0.717) is 5.75 Å². The number of hydrogen-bond acceptors (Lipinski definition) is 4. The summed E-state index contributed by atoms with van der Waals surface area (Å²) in [6.45, 7) is 8.53. The van der Waals surface area contributed by atoms with Crippen molar-refractivity contribution in [3.8, 4) is 17.2 Å². The fraction of sp³-hybridized carbons (Fsp3) is 0.435. The molecule has 2 aromatic carbocycles. The summed E-state index contributed by atoms with van der Waals surface area (Å²) in [6.07, 6.45) is 2.13. The molecule has 0 heterocycles. The summed E-state index contributed by atoms with van der Waals surface area (Å²) < 4.78 is 7.09. The molecule has 5 nitrogen and oxygen atoms in total. The lowest BCUT2D eigenvalue weighted by Gasteiger charge is -2.24. The molecule has 0 aliphatic rings. The van der Waals surface area contributed by atoms with Crippen LogP contribution in [0.15, 0.2) is 30.3 Å². The highest BCUT2D eigenvalue weighted by atomic mass is 127. The summed E-state index contributed by atoms with van der Waals surface area (Å²) in [6, 6.07) is 8.32. The molecule has 0 spiro atoms. The number of halogens is 1. The van der Waals surface area contributed by atoms with E-state index in [9.17, 15) is 15.0 Å². The van der Waals surface area contributed by atoms with Crippen LogP contribution in [0.5, 0.6) is 17.2 Å². The van der Waals surface area contributed by atoms with Gasteiger partial charge in [0, 0.05) is 0 Å². The minimum Gasteiger partial charge on any atom is -0.507 e. The van der Waals surface area contributed by atoms with Crippen LogP contribution in [0.25, 0.3) is 0 Å². The number of aromatic hydroxyl groups is 1. The standard InChI is InChI=1S/C23H30INO4/c1-5-13(3)17-9-15(11-20(25)23(27)28)10-18(14(4)6-2)22(17)29-16-7-8-21(26)19(24)12-16/h7-10,12-14,20,26H,5-6,11,25H2,1-4H3,(H,27,28)/t13?,14?,20-/m0/s1. The number of phenolic OH excluding ortho intramolecular Hbond substituents is 1. The van der Waals surface area contributed by atoms with Crippen molar-refractivity contribution < 1.29 is 19.7 Å². The molecular formula is C23H30INO4. The number of ether oxygens (including phenoxy) is 1. The summed E-state index contributed by atoms with van der Waals surface area (Å²) in [7, 11) is 0. The predicted octanol–water partition coefficient (Wildman–Crippen LogP) is 5.77. The van der Waals surface area contributed by atoms with Gasteiger partial charge in [0.15, 0.2) is 0 Å². The Morgan fingerprint density at radius 3 is 2.10 bits per heavy atom. The Kier molecular flexibility index (Phi) is 8.34. The van der Waals surface area contributed by atoms with Crippen LogP contribution in [0.1, 0.15) is 69.1 Å². The van der Waals surface area contributed by atoms with Crippen molar-refractivity contribution in [2.24, 2.45) is 5.73 Å². The normalized spacial score (nSPS) is 14.3. The number of rotatable bonds is 9. The molecule has 6 heteroatoms. The van der Waals surface area contributed by atoms with E-state index in [1.165, 1.54) is 0 Å². The molecule has 0 fully saturated rings. The molecule has 2 rings (SSSR count). The Balaban J connectivity index is 2.60. The van der Waals surface area contributed by atoms with Gasteiger partial charge in [0.25, 0.3) is 0 Å². The molecule has 0 bridgehead atoms. The average Bonchev–Trinajstić information content (AvgIpc) is 2.70. The maximum Gasteiger partial charge on any atom is 0.320 e. The monoisotopic (exact) mass is 511 g/mol. The molecule has 4 N–H and O–H groups in total. The van der Waals surface area contributed by atoms with Crippen LogP contribution >= 0.6 is 22.6 Å². The number of phenols is 1. The molecule has 0 saturated heterocycles. The van der Waals surface area contributed by atoms with E-state index < -0.39 is 12.0 Å². The first-order valence-corrected chi connectivity index (χ1v) is 11.1. The number of hydrogen-bond donors (Lipinski definition) is 3. The zero-order chi connectivity index (χ0) is 21.7. The third kappa shape index (κ3) is 5.85. The van der Waals surface area contributed by atoms with Crippen molar-refractivity contribution in [1.29, 1.82) is 0 Å². The van der Waals surface area contributed by atoms with Crippen molar-refractivity contribution in [1.82, 2.24) is 0 Å². The fourth-order valence-corrected chi connectivity index (χ4v) is 3.64. The number of benzene rings is 2. The maximum atomic E-state index is 11.3. The molecule has 2 aromatic rings. The number of carboxylic acids is 1. The molecule has 0 radical (unpaired) electrons. The van der Waals surface area contributed by atoms with Crippen molar-refractivity contribution in [3.05, 3.63) is 50.6 Å². The zero-order valence-corrected chi connectivity index (χ0v) is 19.6. The minimum atomic E-state index is -1.00. The second-order valence-corrected chi connectivity index (χ2v) is 8.75. The van der Waals surface area contributed by atoms with Gasteiger partial charge in [-0.05, 0) is 88.6 Å². The van der Waals surface area contributed by atoms with Gasteiger partial charge in [-0.1, -0.05) is 39.8 Å². The minimum absolute atomic E-state index is 0.222. The van der Waals surface area contributed by atoms with Gasteiger partial charge < -0.3 is 20.7 Å². The molecule has 3 atom stereocenters. The first-order valence-electron chi connectivity index (χ1n) is 9.99. The molecule has 0 aromatic heterocycles. The smallest absolute Gasteiger partial charge is 0.320 e. The Hall–Kier alpha value is -1.80. The van der Waals surface area contributed by atoms with Crippen LogP contribution in [0.2, 0.25) is 0 Å². The van der Waals surface area contributed by atoms with Gasteiger partial charge in [0.05, 0.1) is 3.57 Å². The lowest BCUT2D eigenvalue weighted by molar-refractivity contribution is -0.138.